The molecule has 0 atom stereocenters. The highest BCUT2D eigenvalue weighted by molar-refractivity contribution is 8.00. The molecule has 21 heavy (non-hydrogen) atoms. The smallest absolute Gasteiger partial charge is 0.206 e. The Labute approximate surface area is 130 Å². The van der Waals surface area contributed by atoms with E-state index in [1.54, 1.807) is 11.8 Å². The van der Waals surface area contributed by atoms with Crippen LogP contribution >= 0.6 is 23.1 Å². The molecule has 0 amide bonds. The number of anilines is 2. The van der Waals surface area contributed by atoms with Gasteiger partial charge in [0.1, 0.15) is 11.6 Å². The molecule has 0 aliphatic rings. The van der Waals surface area contributed by atoms with Gasteiger partial charge in [0.25, 0.3) is 0 Å². The Morgan fingerprint density at radius 1 is 1.24 bits per heavy atom. The summed E-state index contributed by atoms with van der Waals surface area (Å²) >= 11 is 3.09. The van der Waals surface area contributed by atoms with E-state index in [0.29, 0.717) is 17.4 Å². The first-order chi connectivity index (χ1) is 10.3. The fourth-order valence-corrected chi connectivity index (χ4v) is 3.51. The number of hydrogen-bond donors (Lipinski definition) is 2. The molecule has 0 aliphatic carbocycles. The minimum Gasteiger partial charge on any atom is -0.383 e. The molecule has 0 aliphatic heterocycles. The van der Waals surface area contributed by atoms with Crippen LogP contribution in [0, 0.1) is 0 Å². The van der Waals surface area contributed by atoms with Crippen molar-refractivity contribution >= 4 is 45.0 Å². The second-order valence-electron chi connectivity index (χ2n) is 4.23. The maximum absolute atomic E-state index is 5.97. The van der Waals surface area contributed by atoms with Gasteiger partial charge < -0.3 is 11.1 Å². The fourth-order valence-electron chi connectivity index (χ4n) is 1.83. The van der Waals surface area contributed by atoms with Crippen molar-refractivity contribution in [1.82, 2.24) is 20.2 Å². The molecule has 0 radical (unpaired) electrons. The van der Waals surface area contributed by atoms with Crippen LogP contribution in [0.3, 0.4) is 0 Å². The summed E-state index contributed by atoms with van der Waals surface area (Å²) in [5, 5.41) is 13.0. The lowest BCUT2D eigenvalue weighted by Crippen LogP contribution is -1.99. The predicted octanol–water partition coefficient (Wildman–Crippen LogP) is 2.79. The van der Waals surface area contributed by atoms with Crippen molar-refractivity contribution in [3.8, 4) is 0 Å². The van der Waals surface area contributed by atoms with E-state index in [1.165, 1.54) is 11.3 Å². The van der Waals surface area contributed by atoms with Crippen LogP contribution in [0.5, 0.6) is 0 Å². The van der Waals surface area contributed by atoms with Gasteiger partial charge >= 0.3 is 0 Å². The van der Waals surface area contributed by atoms with Crippen LogP contribution < -0.4 is 11.1 Å². The van der Waals surface area contributed by atoms with E-state index in [4.69, 9.17) is 5.73 Å². The highest BCUT2D eigenvalue weighted by Crippen LogP contribution is 2.28. The molecule has 0 unspecified atom stereocenters. The van der Waals surface area contributed by atoms with Gasteiger partial charge in [-0.05, 0) is 19.1 Å². The van der Waals surface area contributed by atoms with Crippen LogP contribution in [0.4, 0.5) is 10.9 Å². The zero-order chi connectivity index (χ0) is 14.7. The Kier molecular flexibility index (Phi) is 4.16. The second-order valence-corrected chi connectivity index (χ2v) is 6.43. The molecule has 3 rings (SSSR count). The molecule has 6 nitrogen and oxygen atoms in total. The first-order valence-electron chi connectivity index (χ1n) is 6.47. The maximum atomic E-state index is 5.97. The lowest BCUT2D eigenvalue weighted by Gasteiger charge is -2.03. The van der Waals surface area contributed by atoms with Crippen molar-refractivity contribution in [2.45, 2.75) is 17.0 Å². The number of nitrogens with zero attached hydrogens (tertiary/aromatic N) is 4. The number of para-hydroxylation sites is 1. The minimum absolute atomic E-state index is 0.516. The van der Waals surface area contributed by atoms with Crippen molar-refractivity contribution in [2.75, 3.05) is 17.6 Å². The van der Waals surface area contributed by atoms with Gasteiger partial charge in [-0.1, -0.05) is 35.2 Å². The lowest BCUT2D eigenvalue weighted by molar-refractivity contribution is 0.997. The van der Waals surface area contributed by atoms with Gasteiger partial charge in [-0.2, -0.15) is 0 Å². The van der Waals surface area contributed by atoms with Crippen LogP contribution in [-0.4, -0.2) is 26.7 Å². The van der Waals surface area contributed by atoms with Gasteiger partial charge in [-0.3, -0.25) is 0 Å². The Balaban J connectivity index is 1.75. The van der Waals surface area contributed by atoms with Crippen LogP contribution in [0.25, 0.3) is 10.9 Å². The van der Waals surface area contributed by atoms with Gasteiger partial charge in [-0.25, -0.2) is 9.97 Å². The fraction of sp³-hybridized carbons (Fsp3) is 0.231. The molecule has 3 N–H and O–H groups in total. The Bertz CT molecular complexity index is 757. The summed E-state index contributed by atoms with van der Waals surface area (Å²) < 4.78 is 0.890. The molecule has 108 valence electrons. The predicted molar refractivity (Wildman–Crippen MR) is 87.6 cm³/mol. The Morgan fingerprint density at radius 2 is 2.10 bits per heavy atom. The second kappa shape index (κ2) is 6.23. The molecule has 0 fully saturated rings. The quantitative estimate of drug-likeness (QED) is 0.699. The summed E-state index contributed by atoms with van der Waals surface area (Å²) in [6.45, 7) is 2.86. The summed E-state index contributed by atoms with van der Waals surface area (Å²) in [6, 6.07) is 7.74. The number of hydrogen-bond acceptors (Lipinski definition) is 8. The van der Waals surface area contributed by atoms with Gasteiger partial charge in [-0.15, -0.1) is 10.2 Å². The van der Waals surface area contributed by atoms with E-state index in [0.717, 1.165) is 26.9 Å². The van der Waals surface area contributed by atoms with E-state index in [2.05, 4.69) is 25.5 Å². The van der Waals surface area contributed by atoms with E-state index in [-0.39, 0.29) is 0 Å². The summed E-state index contributed by atoms with van der Waals surface area (Å²) in [4.78, 5) is 8.87. The topological polar surface area (TPSA) is 89.6 Å². The number of thioether (sulfide) groups is 1. The number of benzene rings is 1. The first kappa shape index (κ1) is 14.0. The SMILES string of the molecule is CCNc1nnc(SCc2nc(N)c3ccccc3n2)s1. The Hall–Kier alpha value is -1.93. The molecular formula is C13H14N6S2. The van der Waals surface area contributed by atoms with Crippen LogP contribution in [0.15, 0.2) is 28.6 Å². The van der Waals surface area contributed by atoms with Crippen LogP contribution in [0.2, 0.25) is 0 Å². The number of nitrogens with two attached hydrogens (primary N) is 1. The number of nitrogen functional groups attached to an aromatic ring is 1. The van der Waals surface area contributed by atoms with E-state index in [9.17, 15) is 0 Å². The molecule has 0 spiro atoms. The van der Waals surface area contributed by atoms with Gasteiger partial charge in [0.2, 0.25) is 5.13 Å². The van der Waals surface area contributed by atoms with E-state index >= 15 is 0 Å². The average molecular weight is 318 g/mol. The molecule has 1 aromatic carbocycles. The van der Waals surface area contributed by atoms with Crippen molar-refractivity contribution in [1.29, 1.82) is 0 Å². The molecular weight excluding hydrogens is 304 g/mol. The third kappa shape index (κ3) is 3.22. The average Bonchev–Trinajstić information content (AvgIpc) is 2.93. The summed E-state index contributed by atoms with van der Waals surface area (Å²) in [6.07, 6.45) is 0. The van der Waals surface area contributed by atoms with Crippen molar-refractivity contribution in [2.24, 2.45) is 0 Å². The molecule has 2 aromatic heterocycles. The maximum Gasteiger partial charge on any atom is 0.206 e. The molecule has 2 heterocycles. The van der Waals surface area contributed by atoms with Gasteiger partial charge in [0.05, 0.1) is 11.3 Å². The number of fused-ring (bicyclic) bond motifs is 1. The van der Waals surface area contributed by atoms with E-state index in [1.807, 2.05) is 31.2 Å². The molecule has 0 bridgehead atoms. The number of nitrogens with one attached hydrogen (secondary N) is 1. The van der Waals surface area contributed by atoms with Crippen molar-refractivity contribution in [3.63, 3.8) is 0 Å². The minimum atomic E-state index is 0.516. The standard InChI is InChI=1S/C13H14N6S2/c1-2-15-12-18-19-13(21-12)20-7-10-16-9-6-4-3-5-8(9)11(14)17-10/h3-6H,2,7H2,1H3,(H,15,18)(H2,14,16,17). The van der Waals surface area contributed by atoms with E-state index < -0.39 is 0 Å². The first-order valence-corrected chi connectivity index (χ1v) is 8.28. The van der Waals surface area contributed by atoms with Crippen LogP contribution in [0.1, 0.15) is 12.7 Å². The monoisotopic (exact) mass is 318 g/mol. The molecule has 3 aromatic rings. The summed E-state index contributed by atoms with van der Waals surface area (Å²) in [5.74, 6) is 1.84. The van der Waals surface area contributed by atoms with Gasteiger partial charge in [0, 0.05) is 11.9 Å². The molecule has 0 saturated heterocycles. The number of aromatic nitrogens is 4. The third-order valence-corrected chi connectivity index (χ3v) is 4.75. The highest BCUT2D eigenvalue weighted by atomic mass is 32.2. The third-order valence-electron chi connectivity index (χ3n) is 2.74. The summed E-state index contributed by atoms with van der Waals surface area (Å²) in [5.41, 5.74) is 6.84. The van der Waals surface area contributed by atoms with Crippen molar-refractivity contribution in [3.05, 3.63) is 30.1 Å². The highest BCUT2D eigenvalue weighted by Gasteiger charge is 2.08. The van der Waals surface area contributed by atoms with Crippen LogP contribution in [-0.2, 0) is 5.75 Å². The Morgan fingerprint density at radius 3 is 2.95 bits per heavy atom. The van der Waals surface area contributed by atoms with Gasteiger partial charge in [0.15, 0.2) is 4.34 Å². The largest absolute Gasteiger partial charge is 0.383 e. The molecule has 8 heteroatoms. The zero-order valence-electron chi connectivity index (χ0n) is 11.4. The summed E-state index contributed by atoms with van der Waals surface area (Å²) in [7, 11) is 0. The van der Waals surface area contributed by atoms with Crippen molar-refractivity contribution < 1.29 is 0 Å². The molecule has 0 saturated carbocycles. The number of rotatable bonds is 5. The normalized spacial score (nSPS) is 10.9. The lowest BCUT2D eigenvalue weighted by atomic mass is 10.2. The zero-order valence-corrected chi connectivity index (χ0v) is 13.0.